The van der Waals surface area contributed by atoms with Gasteiger partial charge in [0, 0.05) is 10.0 Å². The van der Waals surface area contributed by atoms with Crippen molar-refractivity contribution in [2.24, 2.45) is 5.10 Å². The number of rotatable bonds is 12. The first-order valence-electron chi connectivity index (χ1n) is 11.5. The predicted octanol–water partition coefficient (Wildman–Crippen LogP) is 5.38. The molecule has 0 saturated heterocycles. The molecule has 0 heterocycles. The molecule has 1 N–H and O–H groups in total. The van der Waals surface area contributed by atoms with Crippen molar-refractivity contribution in [1.29, 1.82) is 0 Å². The molecule has 10 nitrogen and oxygen atoms in total. The number of nitrogens with zero attached hydrogens (tertiary/aromatic N) is 1. The van der Waals surface area contributed by atoms with Gasteiger partial charge in [-0.3, -0.25) is 4.79 Å². The second-order valence-corrected chi connectivity index (χ2v) is 9.19. The molecule has 3 rings (SSSR count). The van der Waals surface area contributed by atoms with Gasteiger partial charge in [0.15, 0.2) is 35.4 Å². The fourth-order valence-corrected chi connectivity index (χ4v) is 4.05. The maximum absolute atomic E-state index is 13.1. The third kappa shape index (κ3) is 7.64. The first kappa shape index (κ1) is 29.8. The summed E-state index contributed by atoms with van der Waals surface area (Å²) in [6.07, 6.45) is 1.35. The van der Waals surface area contributed by atoms with Crippen LogP contribution in [-0.2, 0) is 4.79 Å². The van der Waals surface area contributed by atoms with Crippen LogP contribution in [0.3, 0.4) is 0 Å². The molecule has 0 aliphatic heterocycles. The van der Waals surface area contributed by atoms with Crippen LogP contribution in [0.5, 0.6) is 34.5 Å². The summed E-state index contributed by atoms with van der Waals surface area (Å²) in [6, 6.07) is 13.4. The van der Waals surface area contributed by atoms with Crippen LogP contribution in [0.2, 0.25) is 0 Å². The van der Waals surface area contributed by atoms with Gasteiger partial charge in [0.05, 0.1) is 44.2 Å². The van der Waals surface area contributed by atoms with Crippen LogP contribution in [0.4, 0.5) is 0 Å². The number of amides is 1. The third-order valence-corrected chi connectivity index (χ3v) is 7.06. The molecule has 0 unspecified atom stereocenters. The summed E-state index contributed by atoms with van der Waals surface area (Å²) in [5.41, 5.74) is 2.97. The summed E-state index contributed by atoms with van der Waals surface area (Å²) in [4.78, 5) is 25.4. The number of carbonyl (C=O) groups excluding carboxylic acids is 2. The normalized spacial score (nSPS) is 10.6. The van der Waals surface area contributed by atoms with Crippen LogP contribution in [0, 0.1) is 0 Å². The van der Waals surface area contributed by atoms with E-state index in [1.165, 1.54) is 39.7 Å². The minimum atomic E-state index is -0.687. The van der Waals surface area contributed by atoms with Gasteiger partial charge >= 0.3 is 5.97 Å². The van der Waals surface area contributed by atoms with Crippen LogP contribution in [0.15, 0.2) is 62.6 Å². The van der Waals surface area contributed by atoms with Crippen molar-refractivity contribution < 1.29 is 38.0 Å². The first-order chi connectivity index (χ1) is 18.8. The monoisotopic (exact) mass is 664 g/mol. The maximum Gasteiger partial charge on any atom is 0.343 e. The summed E-state index contributed by atoms with van der Waals surface area (Å²) in [7, 11) is 4.36. The number of methoxy groups -OCH3 is 3. The Bertz CT molecular complexity index is 1340. The van der Waals surface area contributed by atoms with Crippen molar-refractivity contribution in [3.8, 4) is 34.5 Å². The van der Waals surface area contributed by atoms with Crippen molar-refractivity contribution >= 4 is 50.0 Å². The summed E-state index contributed by atoms with van der Waals surface area (Å²) in [5, 5.41) is 3.98. The molecule has 12 heteroatoms. The Balaban J connectivity index is 1.75. The molecule has 39 heavy (non-hydrogen) atoms. The highest BCUT2D eigenvalue weighted by Crippen LogP contribution is 2.40. The van der Waals surface area contributed by atoms with Gasteiger partial charge < -0.3 is 28.4 Å². The molecule has 0 aromatic heterocycles. The molecule has 1 amide bonds. The lowest BCUT2D eigenvalue weighted by Gasteiger charge is -2.15. The highest BCUT2D eigenvalue weighted by atomic mass is 79.9. The third-order valence-electron chi connectivity index (χ3n) is 5.08. The molecule has 0 bridgehead atoms. The average molecular weight is 666 g/mol. The summed E-state index contributed by atoms with van der Waals surface area (Å²) >= 11 is 6.83. The van der Waals surface area contributed by atoms with Crippen LogP contribution < -0.4 is 33.8 Å². The average Bonchev–Trinajstić information content (AvgIpc) is 2.95. The van der Waals surface area contributed by atoms with Gasteiger partial charge in [-0.25, -0.2) is 10.2 Å². The Morgan fingerprint density at radius 1 is 0.872 bits per heavy atom. The number of carbonyl (C=O) groups is 2. The van der Waals surface area contributed by atoms with Crippen LogP contribution >= 0.6 is 31.9 Å². The summed E-state index contributed by atoms with van der Waals surface area (Å²) in [6.45, 7) is 2.04. The van der Waals surface area contributed by atoms with Crippen LogP contribution in [0.25, 0.3) is 0 Å². The fraction of sp³-hybridized carbons (Fsp3) is 0.222. The van der Waals surface area contributed by atoms with Crippen molar-refractivity contribution in [1.82, 2.24) is 5.43 Å². The van der Waals surface area contributed by atoms with Crippen LogP contribution in [0.1, 0.15) is 22.8 Å². The topological polar surface area (TPSA) is 114 Å². The van der Waals surface area contributed by atoms with Crippen LogP contribution in [-0.4, -0.2) is 52.6 Å². The van der Waals surface area contributed by atoms with E-state index < -0.39 is 11.9 Å². The summed E-state index contributed by atoms with van der Waals surface area (Å²) < 4.78 is 33.8. The van der Waals surface area contributed by atoms with Gasteiger partial charge in [0.1, 0.15) is 0 Å². The van der Waals surface area contributed by atoms with E-state index in [4.69, 9.17) is 28.4 Å². The Labute approximate surface area is 242 Å². The van der Waals surface area contributed by atoms with Gasteiger partial charge in [0.25, 0.3) is 5.91 Å². The SMILES string of the molecule is CCOc1ccccc1OCC(=O)NN=Cc1ccc(Br)c(Br)c1OC(=O)c1cc(OC)c(OC)c(OC)c1. The lowest BCUT2D eigenvalue weighted by Crippen LogP contribution is -2.24. The highest BCUT2D eigenvalue weighted by molar-refractivity contribution is 9.13. The predicted molar refractivity (Wildman–Crippen MR) is 152 cm³/mol. The number of esters is 1. The second kappa shape index (κ2) is 14.4. The molecule has 0 spiro atoms. The minimum Gasteiger partial charge on any atom is -0.493 e. The van der Waals surface area contributed by atoms with Crippen molar-refractivity contribution in [3.63, 3.8) is 0 Å². The fourth-order valence-electron chi connectivity index (χ4n) is 3.30. The van der Waals surface area contributed by atoms with E-state index in [1.54, 1.807) is 30.3 Å². The quantitative estimate of drug-likeness (QED) is 0.119. The lowest BCUT2D eigenvalue weighted by molar-refractivity contribution is -0.123. The maximum atomic E-state index is 13.1. The number of hydrogen-bond acceptors (Lipinski definition) is 9. The molecular formula is C27H26Br2N2O8. The van der Waals surface area contributed by atoms with E-state index in [-0.39, 0.29) is 17.9 Å². The van der Waals surface area contributed by atoms with Gasteiger partial charge in [-0.2, -0.15) is 5.10 Å². The zero-order chi connectivity index (χ0) is 28.4. The molecule has 0 aliphatic carbocycles. The zero-order valence-electron chi connectivity index (χ0n) is 21.6. The Kier molecular flexibility index (Phi) is 11.0. The van der Waals surface area contributed by atoms with Crippen molar-refractivity contribution in [2.75, 3.05) is 34.5 Å². The van der Waals surface area contributed by atoms with E-state index in [0.29, 0.717) is 49.9 Å². The van der Waals surface area contributed by atoms with Gasteiger partial charge in [0.2, 0.25) is 5.75 Å². The molecule has 3 aromatic rings. The van der Waals surface area contributed by atoms with E-state index >= 15 is 0 Å². The Hall–Kier alpha value is -3.77. The lowest BCUT2D eigenvalue weighted by atomic mass is 10.1. The number of ether oxygens (including phenoxy) is 6. The van der Waals surface area contributed by atoms with E-state index in [1.807, 2.05) is 13.0 Å². The number of hydrazone groups is 1. The van der Waals surface area contributed by atoms with Crippen molar-refractivity contribution in [3.05, 3.63) is 68.6 Å². The molecule has 0 atom stereocenters. The Morgan fingerprint density at radius 2 is 1.51 bits per heavy atom. The zero-order valence-corrected chi connectivity index (χ0v) is 24.8. The smallest absolute Gasteiger partial charge is 0.343 e. The number of benzene rings is 3. The number of hydrogen-bond donors (Lipinski definition) is 1. The molecular weight excluding hydrogens is 640 g/mol. The minimum absolute atomic E-state index is 0.164. The first-order valence-corrected chi connectivity index (χ1v) is 13.1. The van der Waals surface area contributed by atoms with Gasteiger partial charge in [-0.15, -0.1) is 0 Å². The molecule has 0 aliphatic rings. The number of halogens is 2. The van der Waals surface area contributed by atoms with E-state index in [9.17, 15) is 9.59 Å². The highest BCUT2D eigenvalue weighted by Gasteiger charge is 2.21. The van der Waals surface area contributed by atoms with Gasteiger partial charge in [-0.1, -0.05) is 12.1 Å². The Morgan fingerprint density at radius 3 is 2.10 bits per heavy atom. The largest absolute Gasteiger partial charge is 0.493 e. The molecule has 206 valence electrons. The van der Waals surface area contributed by atoms with E-state index in [2.05, 4.69) is 42.4 Å². The van der Waals surface area contributed by atoms with Crippen molar-refractivity contribution in [2.45, 2.75) is 6.92 Å². The molecule has 0 fully saturated rings. The van der Waals surface area contributed by atoms with E-state index in [0.717, 1.165) is 0 Å². The second-order valence-electron chi connectivity index (χ2n) is 7.54. The number of nitrogens with one attached hydrogen (secondary N) is 1. The summed E-state index contributed by atoms with van der Waals surface area (Å²) in [5.74, 6) is 0.904. The molecule has 0 radical (unpaired) electrons. The van der Waals surface area contributed by atoms with Gasteiger partial charge in [-0.05, 0) is 75.2 Å². The molecule has 3 aromatic carbocycles. The molecule has 0 saturated carbocycles. The standard InChI is InChI=1S/C27H26Br2N2O8/c1-5-37-19-8-6-7-9-20(19)38-15-23(32)31-30-14-16-10-11-18(28)24(29)25(16)39-27(33)17-12-21(34-2)26(36-4)22(13-17)35-3/h6-14H,5,15H2,1-4H3,(H,31,32). The number of para-hydroxylation sites is 2.